The van der Waals surface area contributed by atoms with Gasteiger partial charge in [0.25, 0.3) is 5.56 Å². The first-order chi connectivity index (χ1) is 13.1. The van der Waals surface area contributed by atoms with Gasteiger partial charge in [0.15, 0.2) is 4.96 Å². The monoisotopic (exact) mass is 371 g/mol. The molecule has 0 N–H and O–H groups in total. The molecule has 4 nitrogen and oxygen atoms in total. The standard InChI is InChI=1S/C22H17N3OS/c1-14-12-16(15(2)24(14)17-8-4-3-5-9-17)13-20-21(26)25-19-11-7-6-10-18(19)23-22(25)27-20/h3-13H,1-2H3/b20-13-. The van der Waals surface area contributed by atoms with Crippen LogP contribution in [0.3, 0.4) is 0 Å². The zero-order valence-electron chi connectivity index (χ0n) is 15.0. The summed E-state index contributed by atoms with van der Waals surface area (Å²) in [6.45, 7) is 4.18. The van der Waals surface area contributed by atoms with Crippen LogP contribution < -0.4 is 10.1 Å². The molecule has 0 aliphatic heterocycles. The highest BCUT2D eigenvalue weighted by Gasteiger charge is 2.13. The molecule has 5 rings (SSSR count). The third-order valence-corrected chi connectivity index (χ3v) is 5.89. The summed E-state index contributed by atoms with van der Waals surface area (Å²) < 4.78 is 4.63. The van der Waals surface area contributed by atoms with Gasteiger partial charge in [-0.05, 0) is 55.8 Å². The number of fused-ring (bicyclic) bond motifs is 3. The summed E-state index contributed by atoms with van der Waals surface area (Å²) in [5.41, 5.74) is 6.16. The van der Waals surface area contributed by atoms with Crippen molar-refractivity contribution in [1.82, 2.24) is 14.0 Å². The van der Waals surface area contributed by atoms with E-state index in [0.717, 1.165) is 38.6 Å². The van der Waals surface area contributed by atoms with Gasteiger partial charge in [-0.2, -0.15) is 0 Å². The number of rotatable bonds is 2. The third-order valence-electron chi connectivity index (χ3n) is 4.92. The number of hydrogen-bond acceptors (Lipinski definition) is 3. The van der Waals surface area contributed by atoms with Gasteiger partial charge >= 0.3 is 0 Å². The highest BCUT2D eigenvalue weighted by Crippen LogP contribution is 2.21. The van der Waals surface area contributed by atoms with Crippen molar-refractivity contribution in [3.63, 3.8) is 0 Å². The fraction of sp³-hybridized carbons (Fsp3) is 0.0909. The predicted molar refractivity (Wildman–Crippen MR) is 111 cm³/mol. The Morgan fingerprint density at radius 2 is 1.74 bits per heavy atom. The molecule has 27 heavy (non-hydrogen) atoms. The fourth-order valence-corrected chi connectivity index (χ4v) is 4.64. The van der Waals surface area contributed by atoms with Crippen molar-refractivity contribution in [3.05, 3.63) is 92.5 Å². The van der Waals surface area contributed by atoms with Crippen LogP contribution >= 0.6 is 11.3 Å². The summed E-state index contributed by atoms with van der Waals surface area (Å²) in [4.78, 5) is 18.3. The van der Waals surface area contributed by atoms with Gasteiger partial charge in [-0.1, -0.05) is 41.7 Å². The fourth-order valence-electron chi connectivity index (χ4n) is 3.66. The minimum absolute atomic E-state index is 0.00628. The van der Waals surface area contributed by atoms with E-state index in [4.69, 9.17) is 0 Å². The number of aryl methyl sites for hydroxylation is 1. The van der Waals surface area contributed by atoms with E-state index in [1.807, 2.05) is 48.5 Å². The average Bonchev–Trinajstić information content (AvgIpc) is 3.28. The molecule has 0 amide bonds. The second kappa shape index (κ2) is 5.93. The zero-order valence-corrected chi connectivity index (χ0v) is 15.8. The highest BCUT2D eigenvalue weighted by atomic mass is 32.1. The van der Waals surface area contributed by atoms with Crippen LogP contribution in [-0.2, 0) is 0 Å². The molecule has 0 spiro atoms. The molecule has 5 aromatic rings. The van der Waals surface area contributed by atoms with Crippen LogP contribution in [0.25, 0.3) is 27.8 Å². The Labute approximate surface area is 159 Å². The van der Waals surface area contributed by atoms with Gasteiger partial charge in [-0.25, -0.2) is 9.38 Å². The number of nitrogens with zero attached hydrogens (tertiary/aromatic N) is 3. The van der Waals surface area contributed by atoms with Gasteiger partial charge in [-0.15, -0.1) is 0 Å². The number of imidazole rings is 1. The molecule has 0 atom stereocenters. The van der Waals surface area contributed by atoms with E-state index in [9.17, 15) is 4.79 Å². The molecule has 0 aliphatic carbocycles. The molecule has 5 heteroatoms. The quantitative estimate of drug-likeness (QED) is 0.473. The Morgan fingerprint density at radius 3 is 2.56 bits per heavy atom. The van der Waals surface area contributed by atoms with E-state index < -0.39 is 0 Å². The molecule has 0 fully saturated rings. The first-order valence-corrected chi connectivity index (χ1v) is 9.61. The summed E-state index contributed by atoms with van der Waals surface area (Å²) in [5.74, 6) is 0. The number of hydrogen-bond donors (Lipinski definition) is 0. The van der Waals surface area contributed by atoms with Gasteiger partial charge in [0.2, 0.25) is 0 Å². The Balaban J connectivity index is 1.72. The Morgan fingerprint density at radius 1 is 1.00 bits per heavy atom. The second-order valence-corrected chi connectivity index (χ2v) is 7.64. The van der Waals surface area contributed by atoms with Crippen molar-refractivity contribution < 1.29 is 0 Å². The summed E-state index contributed by atoms with van der Waals surface area (Å²) in [6, 6.07) is 20.1. The lowest BCUT2D eigenvalue weighted by molar-refractivity contribution is 0.964. The summed E-state index contributed by atoms with van der Waals surface area (Å²) in [6.07, 6.45) is 1.98. The molecule has 132 valence electrons. The van der Waals surface area contributed by atoms with Crippen LogP contribution in [0.5, 0.6) is 0 Å². The Bertz CT molecular complexity index is 1410. The molecule has 0 aliphatic rings. The van der Waals surface area contributed by atoms with E-state index in [1.165, 1.54) is 11.3 Å². The van der Waals surface area contributed by atoms with E-state index >= 15 is 0 Å². The van der Waals surface area contributed by atoms with Crippen LogP contribution in [0.4, 0.5) is 0 Å². The van der Waals surface area contributed by atoms with Gasteiger partial charge in [-0.3, -0.25) is 4.79 Å². The maximum atomic E-state index is 13.0. The van der Waals surface area contributed by atoms with Crippen LogP contribution in [0, 0.1) is 13.8 Å². The minimum atomic E-state index is -0.00628. The topological polar surface area (TPSA) is 39.3 Å². The molecule has 0 bridgehead atoms. The third kappa shape index (κ3) is 2.43. The largest absolute Gasteiger partial charge is 0.318 e. The van der Waals surface area contributed by atoms with Gasteiger partial charge in [0.1, 0.15) is 0 Å². The molecule has 3 heterocycles. The van der Waals surface area contributed by atoms with Crippen LogP contribution in [0.15, 0.2) is 65.5 Å². The first-order valence-electron chi connectivity index (χ1n) is 8.79. The summed E-state index contributed by atoms with van der Waals surface area (Å²) in [5, 5.41) is 0. The van der Waals surface area contributed by atoms with E-state index in [-0.39, 0.29) is 5.56 Å². The lowest BCUT2D eigenvalue weighted by atomic mass is 10.2. The number of benzene rings is 2. The lowest BCUT2D eigenvalue weighted by Crippen LogP contribution is -2.22. The molecular weight excluding hydrogens is 354 g/mol. The molecular formula is C22H17N3OS. The van der Waals surface area contributed by atoms with Crippen LogP contribution in [0.2, 0.25) is 0 Å². The number of para-hydroxylation sites is 3. The molecule has 0 saturated carbocycles. The SMILES string of the molecule is Cc1cc(/C=c2\sc3nc4ccccc4n3c2=O)c(C)n1-c1ccccc1. The Hall–Kier alpha value is -3.18. The second-order valence-electron chi connectivity index (χ2n) is 6.63. The highest BCUT2D eigenvalue weighted by molar-refractivity contribution is 7.15. The molecule has 2 aromatic carbocycles. The number of thiazole rings is 1. The van der Waals surface area contributed by atoms with Gasteiger partial charge in [0, 0.05) is 17.1 Å². The van der Waals surface area contributed by atoms with Gasteiger partial charge < -0.3 is 4.57 Å². The molecule has 0 saturated heterocycles. The zero-order chi connectivity index (χ0) is 18.5. The molecule has 3 aromatic heterocycles. The van der Waals surface area contributed by atoms with Gasteiger partial charge in [0.05, 0.1) is 15.6 Å². The van der Waals surface area contributed by atoms with E-state index in [2.05, 4.69) is 41.6 Å². The van der Waals surface area contributed by atoms with Crippen LogP contribution in [-0.4, -0.2) is 14.0 Å². The average molecular weight is 371 g/mol. The van der Waals surface area contributed by atoms with Crippen LogP contribution in [0.1, 0.15) is 17.0 Å². The first kappa shape index (κ1) is 16.0. The van der Waals surface area contributed by atoms with Crippen molar-refractivity contribution in [2.45, 2.75) is 13.8 Å². The smallest absolute Gasteiger partial charge is 0.274 e. The number of aromatic nitrogens is 3. The minimum Gasteiger partial charge on any atom is -0.318 e. The Kier molecular flexibility index (Phi) is 3.52. The van der Waals surface area contributed by atoms with Crippen molar-refractivity contribution >= 4 is 33.4 Å². The summed E-state index contributed by atoms with van der Waals surface area (Å²) in [7, 11) is 0. The van der Waals surface area contributed by atoms with Crippen molar-refractivity contribution in [2.24, 2.45) is 0 Å². The molecule has 0 unspecified atom stereocenters. The summed E-state index contributed by atoms with van der Waals surface area (Å²) >= 11 is 1.44. The lowest BCUT2D eigenvalue weighted by Gasteiger charge is -2.08. The molecule has 0 radical (unpaired) electrons. The van der Waals surface area contributed by atoms with Crippen molar-refractivity contribution in [1.29, 1.82) is 0 Å². The maximum Gasteiger partial charge on any atom is 0.274 e. The van der Waals surface area contributed by atoms with E-state index in [1.54, 1.807) is 4.40 Å². The van der Waals surface area contributed by atoms with E-state index in [0.29, 0.717) is 4.53 Å². The van der Waals surface area contributed by atoms with Crippen molar-refractivity contribution in [3.8, 4) is 5.69 Å². The predicted octanol–water partition coefficient (Wildman–Crippen LogP) is 3.86. The normalized spacial score (nSPS) is 12.4. The maximum absolute atomic E-state index is 13.0. The van der Waals surface area contributed by atoms with Crippen molar-refractivity contribution in [2.75, 3.05) is 0 Å².